The molecule has 5 nitrogen and oxygen atoms in total. The Balaban J connectivity index is 1.65. The second-order valence-electron chi connectivity index (χ2n) is 5.56. The number of hydrogen-bond donors (Lipinski definition) is 1. The third-order valence-electron chi connectivity index (χ3n) is 3.75. The summed E-state index contributed by atoms with van der Waals surface area (Å²) in [7, 11) is 0. The van der Waals surface area contributed by atoms with Crippen molar-refractivity contribution in [2.24, 2.45) is 0 Å². The van der Waals surface area contributed by atoms with Gasteiger partial charge in [-0.25, -0.2) is 0 Å². The van der Waals surface area contributed by atoms with Gasteiger partial charge in [-0.15, -0.1) is 10.2 Å². The standard InChI is InChI=1S/C16H20N4OS2/c1-4-22-16-19-18-15(23-16)17-14(21)8-5-12-9-10(2)20(11(12)3)13-6-7-13/h5,8-9,13H,4,6-7H2,1-3H3,(H,17,18,21)/b8-5+. The Morgan fingerprint density at radius 1 is 1.48 bits per heavy atom. The van der Waals surface area contributed by atoms with E-state index in [2.05, 4.69) is 46.9 Å². The van der Waals surface area contributed by atoms with Crippen LogP contribution < -0.4 is 5.32 Å². The van der Waals surface area contributed by atoms with E-state index in [1.807, 2.05) is 6.08 Å². The number of amides is 1. The molecule has 0 unspecified atom stereocenters. The molecule has 2 heterocycles. The number of hydrogen-bond acceptors (Lipinski definition) is 5. The van der Waals surface area contributed by atoms with Gasteiger partial charge in [-0.05, 0) is 50.1 Å². The number of thioether (sulfide) groups is 1. The number of carbonyl (C=O) groups is 1. The van der Waals surface area contributed by atoms with Gasteiger partial charge in [-0.3, -0.25) is 10.1 Å². The van der Waals surface area contributed by atoms with Crippen LogP contribution in [-0.2, 0) is 4.79 Å². The van der Waals surface area contributed by atoms with Crippen LogP contribution >= 0.6 is 23.1 Å². The molecule has 23 heavy (non-hydrogen) atoms. The highest BCUT2D eigenvalue weighted by Crippen LogP contribution is 2.38. The van der Waals surface area contributed by atoms with Gasteiger partial charge >= 0.3 is 0 Å². The van der Waals surface area contributed by atoms with Gasteiger partial charge in [0.15, 0.2) is 4.34 Å². The molecule has 1 N–H and O–H groups in total. The number of aromatic nitrogens is 3. The van der Waals surface area contributed by atoms with E-state index in [0.29, 0.717) is 11.2 Å². The highest BCUT2D eigenvalue weighted by Gasteiger charge is 2.26. The predicted molar refractivity (Wildman–Crippen MR) is 96.1 cm³/mol. The van der Waals surface area contributed by atoms with Crippen molar-refractivity contribution in [3.63, 3.8) is 0 Å². The minimum absolute atomic E-state index is 0.176. The minimum atomic E-state index is -0.176. The summed E-state index contributed by atoms with van der Waals surface area (Å²) in [4.78, 5) is 12.0. The van der Waals surface area contributed by atoms with Crippen LogP contribution in [0.1, 0.15) is 42.8 Å². The zero-order chi connectivity index (χ0) is 16.4. The lowest BCUT2D eigenvalue weighted by molar-refractivity contribution is -0.111. The Morgan fingerprint density at radius 3 is 2.96 bits per heavy atom. The lowest BCUT2D eigenvalue weighted by Gasteiger charge is -2.06. The molecule has 7 heteroatoms. The fraction of sp³-hybridized carbons (Fsp3) is 0.438. The maximum absolute atomic E-state index is 12.0. The molecule has 0 saturated heterocycles. The molecule has 3 rings (SSSR count). The molecule has 122 valence electrons. The largest absolute Gasteiger partial charge is 0.346 e. The average molecular weight is 348 g/mol. The maximum Gasteiger partial charge on any atom is 0.250 e. The fourth-order valence-corrected chi connectivity index (χ4v) is 4.27. The molecule has 1 aliphatic carbocycles. The fourth-order valence-electron chi connectivity index (χ4n) is 2.62. The summed E-state index contributed by atoms with van der Waals surface area (Å²) in [6, 6.07) is 2.79. The van der Waals surface area contributed by atoms with Gasteiger partial charge in [0.2, 0.25) is 11.0 Å². The summed E-state index contributed by atoms with van der Waals surface area (Å²) >= 11 is 3.02. The van der Waals surface area contributed by atoms with Crippen LogP contribution in [0.3, 0.4) is 0 Å². The van der Waals surface area contributed by atoms with Crippen molar-refractivity contribution in [2.45, 2.75) is 44.0 Å². The van der Waals surface area contributed by atoms with Crippen molar-refractivity contribution >= 4 is 40.2 Å². The number of anilines is 1. The molecule has 0 aliphatic heterocycles. The zero-order valence-corrected chi connectivity index (χ0v) is 15.1. The van der Waals surface area contributed by atoms with Gasteiger partial charge in [0.1, 0.15) is 0 Å². The summed E-state index contributed by atoms with van der Waals surface area (Å²) in [5, 5.41) is 11.3. The third kappa shape index (κ3) is 3.84. The Bertz CT molecular complexity index is 743. The molecule has 2 aromatic rings. The topological polar surface area (TPSA) is 59.8 Å². The molecule has 1 amide bonds. The molecular weight excluding hydrogens is 328 g/mol. The van der Waals surface area contributed by atoms with E-state index in [1.54, 1.807) is 17.8 Å². The van der Waals surface area contributed by atoms with Crippen molar-refractivity contribution in [1.82, 2.24) is 14.8 Å². The SMILES string of the molecule is CCSc1nnc(NC(=O)/C=C/c2cc(C)n(C3CC3)c2C)s1. The quantitative estimate of drug-likeness (QED) is 0.486. The van der Waals surface area contributed by atoms with Crippen LogP contribution in [0.2, 0.25) is 0 Å². The third-order valence-corrected chi connectivity index (χ3v) is 5.61. The van der Waals surface area contributed by atoms with E-state index in [0.717, 1.165) is 15.7 Å². The number of rotatable bonds is 6. The normalized spacial score (nSPS) is 14.6. The van der Waals surface area contributed by atoms with Crippen LogP contribution in [0.4, 0.5) is 5.13 Å². The monoisotopic (exact) mass is 348 g/mol. The van der Waals surface area contributed by atoms with Gasteiger partial charge in [-0.1, -0.05) is 30.0 Å². The van der Waals surface area contributed by atoms with Crippen LogP contribution in [0, 0.1) is 13.8 Å². The van der Waals surface area contributed by atoms with Crippen LogP contribution in [-0.4, -0.2) is 26.4 Å². The van der Waals surface area contributed by atoms with E-state index in [1.165, 1.54) is 35.6 Å². The molecule has 0 radical (unpaired) electrons. The lowest BCUT2D eigenvalue weighted by Crippen LogP contribution is -2.07. The average Bonchev–Trinajstić information content (AvgIpc) is 3.17. The summed E-state index contributed by atoms with van der Waals surface area (Å²) in [6.07, 6.45) is 5.96. The number of aryl methyl sites for hydroxylation is 1. The van der Waals surface area contributed by atoms with Crippen molar-refractivity contribution in [3.8, 4) is 0 Å². The molecule has 2 aromatic heterocycles. The molecule has 0 atom stereocenters. The molecule has 0 spiro atoms. The first kappa shape index (κ1) is 16.3. The van der Waals surface area contributed by atoms with Gasteiger partial charge in [0.25, 0.3) is 0 Å². The van der Waals surface area contributed by atoms with Crippen molar-refractivity contribution < 1.29 is 4.79 Å². The van der Waals surface area contributed by atoms with E-state index < -0.39 is 0 Å². The lowest BCUT2D eigenvalue weighted by atomic mass is 10.2. The Morgan fingerprint density at radius 2 is 2.26 bits per heavy atom. The predicted octanol–water partition coefficient (Wildman–Crippen LogP) is 4.06. The van der Waals surface area contributed by atoms with Gasteiger partial charge < -0.3 is 4.57 Å². The smallest absolute Gasteiger partial charge is 0.250 e. The highest BCUT2D eigenvalue weighted by atomic mass is 32.2. The second-order valence-corrected chi connectivity index (χ2v) is 8.05. The second kappa shape index (κ2) is 6.88. The number of carbonyl (C=O) groups excluding carboxylic acids is 1. The highest BCUT2D eigenvalue weighted by molar-refractivity contribution is 8.01. The van der Waals surface area contributed by atoms with E-state index >= 15 is 0 Å². The molecular formula is C16H20N4OS2. The van der Waals surface area contributed by atoms with E-state index in [4.69, 9.17) is 0 Å². The van der Waals surface area contributed by atoms with E-state index in [9.17, 15) is 4.79 Å². The molecule has 1 saturated carbocycles. The Hall–Kier alpha value is -1.60. The van der Waals surface area contributed by atoms with Gasteiger partial charge in [-0.2, -0.15) is 0 Å². The Kier molecular flexibility index (Phi) is 4.87. The van der Waals surface area contributed by atoms with Crippen LogP contribution in [0.5, 0.6) is 0 Å². The molecule has 1 fully saturated rings. The van der Waals surface area contributed by atoms with Crippen LogP contribution in [0.25, 0.3) is 6.08 Å². The molecule has 0 aromatic carbocycles. The van der Waals surface area contributed by atoms with Crippen molar-refractivity contribution in [2.75, 3.05) is 11.1 Å². The summed E-state index contributed by atoms with van der Waals surface area (Å²) < 4.78 is 3.25. The zero-order valence-electron chi connectivity index (χ0n) is 13.5. The molecule has 0 bridgehead atoms. The molecule has 1 aliphatic rings. The number of nitrogens with one attached hydrogen (secondary N) is 1. The summed E-state index contributed by atoms with van der Waals surface area (Å²) in [6.45, 7) is 6.30. The number of nitrogens with zero attached hydrogens (tertiary/aromatic N) is 3. The van der Waals surface area contributed by atoms with Gasteiger partial charge in [0.05, 0.1) is 0 Å². The van der Waals surface area contributed by atoms with Gasteiger partial charge in [0, 0.05) is 23.5 Å². The minimum Gasteiger partial charge on any atom is -0.346 e. The summed E-state index contributed by atoms with van der Waals surface area (Å²) in [5.74, 6) is 0.768. The van der Waals surface area contributed by atoms with Crippen LogP contribution in [0.15, 0.2) is 16.5 Å². The first-order valence-electron chi connectivity index (χ1n) is 7.72. The first-order chi connectivity index (χ1) is 11.1. The van der Waals surface area contributed by atoms with Crippen molar-refractivity contribution in [3.05, 3.63) is 29.1 Å². The van der Waals surface area contributed by atoms with Crippen molar-refractivity contribution in [1.29, 1.82) is 0 Å². The first-order valence-corrected chi connectivity index (χ1v) is 9.52. The van der Waals surface area contributed by atoms with E-state index in [-0.39, 0.29) is 5.91 Å². The maximum atomic E-state index is 12.0. The Labute approximate surface area is 144 Å². The summed E-state index contributed by atoms with van der Waals surface area (Å²) in [5.41, 5.74) is 3.59.